The molecule has 0 bridgehead atoms. The van der Waals surface area contributed by atoms with Gasteiger partial charge in [0.2, 0.25) is 0 Å². The SMILES string of the molecule is CCN(CC)CCn1cc(NC2CCN(C)C(C)C2)cn1. The van der Waals surface area contributed by atoms with Crippen molar-refractivity contribution in [2.75, 3.05) is 38.5 Å². The summed E-state index contributed by atoms with van der Waals surface area (Å²) in [6, 6.07) is 1.24. The molecule has 0 spiro atoms. The molecule has 2 atom stereocenters. The van der Waals surface area contributed by atoms with E-state index >= 15 is 0 Å². The number of likely N-dealkylation sites (tertiary alicyclic amines) is 1. The molecule has 1 aliphatic rings. The van der Waals surface area contributed by atoms with Crippen LogP contribution in [0.15, 0.2) is 12.4 Å². The first-order valence-electron chi connectivity index (χ1n) is 8.34. The van der Waals surface area contributed by atoms with Gasteiger partial charge in [0.25, 0.3) is 0 Å². The molecule has 1 aliphatic heterocycles. The average molecular weight is 293 g/mol. The minimum absolute atomic E-state index is 0.580. The van der Waals surface area contributed by atoms with Crippen LogP contribution in [-0.4, -0.2) is 64.9 Å². The Kier molecular flexibility index (Phi) is 6.06. The summed E-state index contributed by atoms with van der Waals surface area (Å²) in [4.78, 5) is 4.86. The molecule has 0 aromatic carbocycles. The number of rotatable bonds is 7. The van der Waals surface area contributed by atoms with Crippen molar-refractivity contribution in [3.63, 3.8) is 0 Å². The molecule has 5 nitrogen and oxygen atoms in total. The predicted molar refractivity (Wildman–Crippen MR) is 88.8 cm³/mol. The van der Waals surface area contributed by atoms with Crippen molar-refractivity contribution in [2.45, 2.75) is 52.2 Å². The molecule has 21 heavy (non-hydrogen) atoms. The second kappa shape index (κ2) is 7.80. The van der Waals surface area contributed by atoms with Crippen molar-refractivity contribution in [3.05, 3.63) is 12.4 Å². The summed E-state index contributed by atoms with van der Waals surface area (Å²) in [5.41, 5.74) is 1.16. The molecule has 2 unspecified atom stereocenters. The van der Waals surface area contributed by atoms with Gasteiger partial charge in [0.15, 0.2) is 0 Å². The molecule has 120 valence electrons. The van der Waals surface area contributed by atoms with Gasteiger partial charge < -0.3 is 15.1 Å². The molecular weight excluding hydrogens is 262 g/mol. The first kappa shape index (κ1) is 16.3. The molecule has 1 fully saturated rings. The molecule has 0 amide bonds. The lowest BCUT2D eigenvalue weighted by atomic mass is 9.99. The highest BCUT2D eigenvalue weighted by Crippen LogP contribution is 2.19. The molecule has 1 N–H and O–H groups in total. The fourth-order valence-electron chi connectivity index (χ4n) is 3.00. The number of anilines is 1. The van der Waals surface area contributed by atoms with Crippen molar-refractivity contribution >= 4 is 5.69 Å². The van der Waals surface area contributed by atoms with Crippen LogP contribution in [0.3, 0.4) is 0 Å². The molecule has 0 radical (unpaired) electrons. The van der Waals surface area contributed by atoms with Gasteiger partial charge in [-0.15, -0.1) is 0 Å². The Labute approximate surface area is 129 Å². The van der Waals surface area contributed by atoms with Crippen LogP contribution in [0.4, 0.5) is 5.69 Å². The molecular formula is C16H31N5. The van der Waals surface area contributed by atoms with Crippen LogP contribution in [-0.2, 0) is 6.54 Å². The highest BCUT2D eigenvalue weighted by molar-refractivity contribution is 5.39. The smallest absolute Gasteiger partial charge is 0.0728 e. The third-order valence-electron chi connectivity index (χ3n) is 4.75. The number of nitrogens with zero attached hydrogens (tertiary/aromatic N) is 4. The Morgan fingerprint density at radius 3 is 2.81 bits per heavy atom. The van der Waals surface area contributed by atoms with E-state index in [4.69, 9.17) is 0 Å². The third kappa shape index (κ3) is 4.71. The zero-order chi connectivity index (χ0) is 15.2. The van der Waals surface area contributed by atoms with Crippen LogP contribution >= 0.6 is 0 Å². The summed E-state index contributed by atoms with van der Waals surface area (Å²) in [5.74, 6) is 0. The summed E-state index contributed by atoms with van der Waals surface area (Å²) in [7, 11) is 2.21. The van der Waals surface area contributed by atoms with E-state index in [1.54, 1.807) is 0 Å². The van der Waals surface area contributed by atoms with Gasteiger partial charge in [-0.3, -0.25) is 4.68 Å². The maximum Gasteiger partial charge on any atom is 0.0728 e. The van der Waals surface area contributed by atoms with Crippen LogP contribution in [0.2, 0.25) is 0 Å². The molecule has 2 heterocycles. The number of hydrogen-bond donors (Lipinski definition) is 1. The molecule has 0 aliphatic carbocycles. The molecule has 2 rings (SSSR count). The maximum atomic E-state index is 4.47. The number of piperidine rings is 1. The van der Waals surface area contributed by atoms with Crippen molar-refractivity contribution in [1.29, 1.82) is 0 Å². The van der Waals surface area contributed by atoms with Gasteiger partial charge >= 0.3 is 0 Å². The van der Waals surface area contributed by atoms with Crippen LogP contribution in [0.25, 0.3) is 0 Å². The Hall–Kier alpha value is -1.07. The fourth-order valence-corrected chi connectivity index (χ4v) is 3.00. The lowest BCUT2D eigenvalue weighted by molar-refractivity contribution is 0.190. The zero-order valence-electron chi connectivity index (χ0n) is 14.0. The number of nitrogens with one attached hydrogen (secondary N) is 1. The summed E-state index contributed by atoms with van der Waals surface area (Å²) < 4.78 is 2.05. The van der Waals surface area contributed by atoms with Crippen molar-refractivity contribution < 1.29 is 0 Å². The minimum atomic E-state index is 0.580. The second-order valence-electron chi connectivity index (χ2n) is 6.21. The number of aromatic nitrogens is 2. The quantitative estimate of drug-likeness (QED) is 0.835. The summed E-state index contributed by atoms with van der Waals surface area (Å²) in [5, 5.41) is 8.12. The van der Waals surface area contributed by atoms with Crippen molar-refractivity contribution in [2.24, 2.45) is 0 Å². The fraction of sp³-hybridized carbons (Fsp3) is 0.812. The zero-order valence-corrected chi connectivity index (χ0v) is 14.0. The van der Waals surface area contributed by atoms with Gasteiger partial charge in [-0.1, -0.05) is 13.8 Å². The summed E-state index contributed by atoms with van der Waals surface area (Å²) in [6.45, 7) is 12.1. The van der Waals surface area contributed by atoms with E-state index in [1.807, 2.05) is 6.20 Å². The van der Waals surface area contributed by atoms with E-state index in [-0.39, 0.29) is 0 Å². The van der Waals surface area contributed by atoms with Gasteiger partial charge in [-0.05, 0) is 39.9 Å². The average Bonchev–Trinajstić information content (AvgIpc) is 2.92. The Balaban J connectivity index is 1.80. The van der Waals surface area contributed by atoms with E-state index in [1.165, 1.54) is 19.4 Å². The third-order valence-corrected chi connectivity index (χ3v) is 4.75. The van der Waals surface area contributed by atoms with Crippen LogP contribution in [0, 0.1) is 0 Å². The lowest BCUT2D eigenvalue weighted by Crippen LogP contribution is -2.42. The maximum absolute atomic E-state index is 4.47. The Morgan fingerprint density at radius 2 is 2.14 bits per heavy atom. The molecule has 0 saturated carbocycles. The predicted octanol–water partition coefficient (Wildman–Crippen LogP) is 2.12. The molecule has 1 aromatic heterocycles. The summed E-state index contributed by atoms with van der Waals surface area (Å²) >= 11 is 0. The van der Waals surface area contributed by atoms with Crippen LogP contribution in [0.1, 0.15) is 33.6 Å². The topological polar surface area (TPSA) is 36.3 Å². The van der Waals surface area contributed by atoms with Crippen LogP contribution < -0.4 is 5.32 Å². The van der Waals surface area contributed by atoms with E-state index < -0.39 is 0 Å². The lowest BCUT2D eigenvalue weighted by Gasteiger charge is -2.35. The first-order valence-corrected chi connectivity index (χ1v) is 8.34. The van der Waals surface area contributed by atoms with Gasteiger partial charge in [0.05, 0.1) is 18.4 Å². The van der Waals surface area contributed by atoms with E-state index in [0.29, 0.717) is 12.1 Å². The van der Waals surface area contributed by atoms with E-state index in [2.05, 4.69) is 58.9 Å². The monoisotopic (exact) mass is 293 g/mol. The minimum Gasteiger partial charge on any atom is -0.380 e. The van der Waals surface area contributed by atoms with Crippen molar-refractivity contribution in [1.82, 2.24) is 19.6 Å². The standard InChI is InChI=1S/C16H31N5/c1-5-20(6-2)9-10-21-13-16(12-17-21)18-15-7-8-19(4)14(3)11-15/h12-15,18H,5-11H2,1-4H3. The second-order valence-corrected chi connectivity index (χ2v) is 6.21. The largest absolute Gasteiger partial charge is 0.380 e. The Bertz CT molecular complexity index is 413. The first-order chi connectivity index (χ1) is 10.1. The van der Waals surface area contributed by atoms with E-state index in [9.17, 15) is 0 Å². The van der Waals surface area contributed by atoms with E-state index in [0.717, 1.165) is 31.9 Å². The number of hydrogen-bond acceptors (Lipinski definition) is 4. The molecule has 1 saturated heterocycles. The Morgan fingerprint density at radius 1 is 1.38 bits per heavy atom. The van der Waals surface area contributed by atoms with Gasteiger partial charge in [0.1, 0.15) is 0 Å². The normalized spacial score (nSPS) is 23.7. The van der Waals surface area contributed by atoms with Gasteiger partial charge in [0, 0.05) is 31.4 Å². The summed E-state index contributed by atoms with van der Waals surface area (Å²) in [6.07, 6.45) is 6.53. The van der Waals surface area contributed by atoms with Crippen molar-refractivity contribution in [3.8, 4) is 0 Å². The highest BCUT2D eigenvalue weighted by atomic mass is 15.3. The van der Waals surface area contributed by atoms with Gasteiger partial charge in [-0.25, -0.2) is 0 Å². The molecule has 5 heteroatoms. The highest BCUT2D eigenvalue weighted by Gasteiger charge is 2.22. The van der Waals surface area contributed by atoms with Crippen LogP contribution in [0.5, 0.6) is 0 Å². The van der Waals surface area contributed by atoms with Gasteiger partial charge in [-0.2, -0.15) is 5.10 Å². The molecule has 1 aromatic rings. The number of likely N-dealkylation sites (N-methyl/N-ethyl adjacent to an activating group) is 1.